The van der Waals surface area contributed by atoms with Crippen LogP contribution in [0.1, 0.15) is 17.2 Å². The van der Waals surface area contributed by atoms with Crippen LogP contribution in [-0.2, 0) is 0 Å². The van der Waals surface area contributed by atoms with Gasteiger partial charge in [-0.3, -0.25) is 0 Å². The first-order valence-corrected chi connectivity index (χ1v) is 6.20. The molecule has 0 saturated heterocycles. The van der Waals surface area contributed by atoms with Gasteiger partial charge < -0.3 is 19.7 Å². The van der Waals surface area contributed by atoms with Gasteiger partial charge in [0.1, 0.15) is 12.7 Å². The Morgan fingerprint density at radius 1 is 1.25 bits per heavy atom. The number of benzene rings is 1. The normalized spacial score (nSPS) is 11.9. The van der Waals surface area contributed by atoms with Gasteiger partial charge >= 0.3 is 0 Å². The van der Waals surface area contributed by atoms with Crippen LogP contribution in [0.3, 0.4) is 0 Å². The van der Waals surface area contributed by atoms with Crippen LogP contribution in [0.4, 0.5) is 0 Å². The molecule has 5 nitrogen and oxygen atoms in total. The SMILES string of the molecule is COc1ccc(C(O)COc2ccc(C)cc2O)cn1. The number of pyridine rings is 1. The van der Waals surface area contributed by atoms with E-state index in [0.29, 0.717) is 17.2 Å². The number of hydrogen-bond acceptors (Lipinski definition) is 5. The van der Waals surface area contributed by atoms with Crippen LogP contribution in [-0.4, -0.2) is 28.9 Å². The number of phenols is 1. The number of aromatic nitrogens is 1. The van der Waals surface area contributed by atoms with Gasteiger partial charge in [-0.15, -0.1) is 0 Å². The molecule has 2 rings (SSSR count). The molecule has 20 heavy (non-hydrogen) atoms. The zero-order valence-corrected chi connectivity index (χ0v) is 11.4. The molecule has 0 radical (unpaired) electrons. The minimum atomic E-state index is -0.825. The van der Waals surface area contributed by atoms with Gasteiger partial charge in [-0.05, 0) is 30.7 Å². The van der Waals surface area contributed by atoms with Crippen molar-refractivity contribution in [2.24, 2.45) is 0 Å². The predicted octanol–water partition coefficient (Wildman–Crippen LogP) is 2.22. The second-order valence-corrected chi connectivity index (χ2v) is 4.43. The minimum Gasteiger partial charge on any atom is -0.504 e. The summed E-state index contributed by atoms with van der Waals surface area (Å²) in [5.74, 6) is 0.888. The van der Waals surface area contributed by atoms with E-state index in [1.807, 2.05) is 13.0 Å². The minimum absolute atomic E-state index is 0.0324. The fourth-order valence-electron chi connectivity index (χ4n) is 1.72. The largest absolute Gasteiger partial charge is 0.504 e. The molecule has 0 aliphatic rings. The van der Waals surface area contributed by atoms with Crippen molar-refractivity contribution in [2.75, 3.05) is 13.7 Å². The van der Waals surface area contributed by atoms with Gasteiger partial charge in [-0.2, -0.15) is 0 Å². The van der Waals surface area contributed by atoms with Gasteiger partial charge in [-0.25, -0.2) is 4.98 Å². The first-order valence-electron chi connectivity index (χ1n) is 6.20. The number of aliphatic hydroxyl groups excluding tert-OH is 1. The van der Waals surface area contributed by atoms with Gasteiger partial charge in [0.25, 0.3) is 0 Å². The number of aliphatic hydroxyl groups is 1. The van der Waals surface area contributed by atoms with E-state index >= 15 is 0 Å². The topological polar surface area (TPSA) is 71.8 Å². The Morgan fingerprint density at radius 3 is 2.65 bits per heavy atom. The maximum absolute atomic E-state index is 10.0. The third-order valence-corrected chi connectivity index (χ3v) is 2.86. The zero-order chi connectivity index (χ0) is 14.5. The lowest BCUT2D eigenvalue weighted by atomic mass is 10.2. The molecule has 1 aromatic heterocycles. The molecule has 1 aromatic carbocycles. The summed E-state index contributed by atoms with van der Waals surface area (Å²) in [5.41, 5.74) is 1.56. The molecule has 5 heteroatoms. The van der Waals surface area contributed by atoms with Crippen molar-refractivity contribution in [3.8, 4) is 17.4 Å². The number of aromatic hydroxyl groups is 1. The van der Waals surface area contributed by atoms with Crippen LogP contribution in [0.25, 0.3) is 0 Å². The highest BCUT2D eigenvalue weighted by molar-refractivity contribution is 5.41. The fourth-order valence-corrected chi connectivity index (χ4v) is 1.72. The zero-order valence-electron chi connectivity index (χ0n) is 11.4. The number of methoxy groups -OCH3 is 1. The summed E-state index contributed by atoms with van der Waals surface area (Å²) >= 11 is 0. The van der Waals surface area contributed by atoms with Crippen molar-refractivity contribution in [3.05, 3.63) is 47.7 Å². The molecule has 1 atom stereocenters. The second kappa shape index (κ2) is 6.25. The van der Waals surface area contributed by atoms with Crippen molar-refractivity contribution >= 4 is 0 Å². The molecule has 2 N–H and O–H groups in total. The van der Waals surface area contributed by atoms with E-state index in [0.717, 1.165) is 5.56 Å². The summed E-state index contributed by atoms with van der Waals surface area (Å²) in [5, 5.41) is 19.7. The van der Waals surface area contributed by atoms with Gasteiger partial charge in [0.05, 0.1) is 7.11 Å². The van der Waals surface area contributed by atoms with E-state index in [4.69, 9.17) is 9.47 Å². The lowest BCUT2D eigenvalue weighted by molar-refractivity contribution is 0.106. The highest BCUT2D eigenvalue weighted by atomic mass is 16.5. The Kier molecular flexibility index (Phi) is 4.42. The van der Waals surface area contributed by atoms with E-state index in [9.17, 15) is 10.2 Å². The Labute approximate surface area is 117 Å². The first kappa shape index (κ1) is 14.1. The third-order valence-electron chi connectivity index (χ3n) is 2.86. The summed E-state index contributed by atoms with van der Waals surface area (Å²) in [6, 6.07) is 8.49. The van der Waals surface area contributed by atoms with Gasteiger partial charge in [0.15, 0.2) is 11.5 Å². The smallest absolute Gasteiger partial charge is 0.212 e. The molecule has 0 aliphatic carbocycles. The van der Waals surface area contributed by atoms with Gasteiger partial charge in [-0.1, -0.05) is 6.07 Å². The number of hydrogen-bond donors (Lipinski definition) is 2. The molecule has 1 unspecified atom stereocenters. The summed E-state index contributed by atoms with van der Waals surface area (Å²) in [6.45, 7) is 1.91. The van der Waals surface area contributed by atoms with E-state index in [1.54, 1.807) is 24.3 Å². The van der Waals surface area contributed by atoms with E-state index < -0.39 is 6.10 Å². The van der Waals surface area contributed by atoms with Crippen molar-refractivity contribution in [1.82, 2.24) is 4.98 Å². The maximum Gasteiger partial charge on any atom is 0.212 e. The Hall–Kier alpha value is -2.27. The van der Waals surface area contributed by atoms with Crippen LogP contribution in [0.5, 0.6) is 17.4 Å². The Bertz CT molecular complexity index is 569. The fraction of sp³-hybridized carbons (Fsp3) is 0.267. The maximum atomic E-state index is 10.0. The lowest BCUT2D eigenvalue weighted by Crippen LogP contribution is -2.10. The standard InChI is InChI=1S/C15H17NO4/c1-10-3-5-14(12(17)7-10)20-9-13(18)11-4-6-15(19-2)16-8-11/h3-8,13,17-18H,9H2,1-2H3. The van der Waals surface area contributed by atoms with Crippen molar-refractivity contribution in [1.29, 1.82) is 0 Å². The molecule has 2 aromatic rings. The Morgan fingerprint density at radius 2 is 2.05 bits per heavy atom. The molecule has 106 valence electrons. The monoisotopic (exact) mass is 275 g/mol. The summed E-state index contributed by atoms with van der Waals surface area (Å²) in [7, 11) is 1.53. The number of aryl methyl sites for hydroxylation is 1. The van der Waals surface area contributed by atoms with Crippen LogP contribution >= 0.6 is 0 Å². The van der Waals surface area contributed by atoms with Crippen molar-refractivity contribution in [2.45, 2.75) is 13.0 Å². The average molecular weight is 275 g/mol. The van der Waals surface area contributed by atoms with E-state index in [-0.39, 0.29) is 12.4 Å². The number of ether oxygens (including phenoxy) is 2. The summed E-state index contributed by atoms with van der Waals surface area (Å²) < 4.78 is 10.4. The summed E-state index contributed by atoms with van der Waals surface area (Å²) in [6.07, 6.45) is 0.705. The number of nitrogens with zero attached hydrogens (tertiary/aromatic N) is 1. The molecular formula is C15H17NO4. The number of rotatable bonds is 5. The van der Waals surface area contributed by atoms with Crippen LogP contribution in [0.15, 0.2) is 36.5 Å². The van der Waals surface area contributed by atoms with Crippen LogP contribution in [0.2, 0.25) is 0 Å². The molecule has 1 heterocycles. The highest BCUT2D eigenvalue weighted by Crippen LogP contribution is 2.27. The summed E-state index contributed by atoms with van der Waals surface area (Å²) in [4.78, 5) is 4.02. The average Bonchev–Trinajstić information content (AvgIpc) is 2.46. The Balaban J connectivity index is 1.98. The highest BCUT2D eigenvalue weighted by Gasteiger charge is 2.11. The van der Waals surface area contributed by atoms with Crippen LogP contribution in [0, 0.1) is 6.92 Å². The van der Waals surface area contributed by atoms with E-state index in [1.165, 1.54) is 13.3 Å². The lowest BCUT2D eigenvalue weighted by Gasteiger charge is -2.13. The number of phenolic OH excluding ortho intramolecular Hbond substituents is 1. The molecule has 0 fully saturated rings. The second-order valence-electron chi connectivity index (χ2n) is 4.43. The van der Waals surface area contributed by atoms with Gasteiger partial charge in [0, 0.05) is 17.8 Å². The molecule has 0 amide bonds. The molecule has 0 spiro atoms. The quantitative estimate of drug-likeness (QED) is 0.875. The van der Waals surface area contributed by atoms with Gasteiger partial charge in [0.2, 0.25) is 5.88 Å². The first-order chi connectivity index (χ1) is 9.60. The van der Waals surface area contributed by atoms with Crippen molar-refractivity contribution in [3.63, 3.8) is 0 Å². The molecular weight excluding hydrogens is 258 g/mol. The third kappa shape index (κ3) is 3.39. The van der Waals surface area contributed by atoms with Crippen LogP contribution < -0.4 is 9.47 Å². The molecule has 0 aliphatic heterocycles. The predicted molar refractivity (Wildman–Crippen MR) is 74.1 cm³/mol. The molecule has 0 bridgehead atoms. The van der Waals surface area contributed by atoms with Crippen molar-refractivity contribution < 1.29 is 19.7 Å². The van der Waals surface area contributed by atoms with E-state index in [2.05, 4.69) is 4.98 Å². The molecule has 0 saturated carbocycles.